The minimum absolute atomic E-state index is 0.0959. The lowest BCUT2D eigenvalue weighted by molar-refractivity contribution is -0.0366. The summed E-state index contributed by atoms with van der Waals surface area (Å²) in [6.07, 6.45) is 6.49. The maximum atomic E-state index is 14.7. The van der Waals surface area contributed by atoms with Gasteiger partial charge in [0.1, 0.15) is 5.82 Å². The number of halogens is 2. The lowest BCUT2D eigenvalue weighted by atomic mass is 10.0. The third-order valence-electron chi connectivity index (χ3n) is 5.05. The van der Waals surface area contributed by atoms with Crippen molar-refractivity contribution in [3.63, 3.8) is 0 Å². The normalized spacial score (nSPS) is 27.5. The maximum absolute atomic E-state index is 14.7. The van der Waals surface area contributed by atoms with Gasteiger partial charge in [-0.15, -0.1) is 0 Å². The molecular weight excluding hydrogens is 363 g/mol. The van der Waals surface area contributed by atoms with Crippen molar-refractivity contribution in [3.05, 3.63) is 28.1 Å². The average Bonchev–Trinajstić information content (AvgIpc) is 3.16. The highest BCUT2D eigenvalue weighted by Gasteiger charge is 2.41. The van der Waals surface area contributed by atoms with Crippen LogP contribution in [-0.4, -0.2) is 28.1 Å². The molecule has 1 unspecified atom stereocenters. The van der Waals surface area contributed by atoms with Crippen molar-refractivity contribution in [2.45, 2.75) is 44.2 Å². The molecule has 4 nitrogen and oxygen atoms in total. The zero-order valence-corrected chi connectivity index (χ0v) is 14.4. The predicted octanol–water partition coefficient (Wildman–Crippen LogP) is 4.12. The van der Waals surface area contributed by atoms with Gasteiger partial charge in [0.2, 0.25) is 0 Å². The molecule has 1 aromatic carbocycles. The molecule has 1 aliphatic heterocycles. The van der Waals surface area contributed by atoms with E-state index in [4.69, 9.17) is 9.84 Å². The molecule has 23 heavy (non-hydrogen) atoms. The summed E-state index contributed by atoms with van der Waals surface area (Å²) in [6.45, 7) is 0.901. The smallest absolute Gasteiger partial charge is 0.150 e. The van der Waals surface area contributed by atoms with Crippen LogP contribution in [0.1, 0.15) is 49.8 Å². The zero-order chi connectivity index (χ0) is 16.0. The number of aliphatic hydroxyl groups is 1. The topological polar surface area (TPSA) is 47.3 Å². The van der Waals surface area contributed by atoms with E-state index in [0.29, 0.717) is 5.92 Å². The second kappa shape index (κ2) is 6.15. The Labute approximate surface area is 142 Å². The summed E-state index contributed by atoms with van der Waals surface area (Å²) in [5.41, 5.74) is 1.52. The van der Waals surface area contributed by atoms with Gasteiger partial charge in [-0.3, -0.25) is 0 Å². The lowest BCUT2D eigenvalue weighted by Crippen LogP contribution is -2.19. The van der Waals surface area contributed by atoms with Crippen molar-refractivity contribution in [1.82, 2.24) is 9.78 Å². The molecule has 0 spiro atoms. The highest BCUT2D eigenvalue weighted by atomic mass is 79.9. The summed E-state index contributed by atoms with van der Waals surface area (Å²) in [5.74, 6) is 0.405. The Kier molecular flexibility index (Phi) is 4.15. The Morgan fingerprint density at radius 3 is 3.04 bits per heavy atom. The van der Waals surface area contributed by atoms with E-state index in [1.165, 1.54) is 0 Å². The standard InChI is InChI=1S/C17H20BrFN2O2/c18-17-12-9-20-21(15-3-1-2-6-23-15)14(12)8-13(19)16(17)11-7-10(11)4-5-22/h8-11,15,22H,1-7H2/t10-,11+,15?/m1/s1. The number of nitrogens with zero attached hydrogens (tertiary/aromatic N) is 2. The number of aromatic nitrogens is 2. The molecule has 0 radical (unpaired) electrons. The van der Waals surface area contributed by atoms with Gasteiger partial charge in [0.25, 0.3) is 0 Å². The van der Waals surface area contributed by atoms with Gasteiger partial charge in [-0.2, -0.15) is 5.10 Å². The maximum Gasteiger partial charge on any atom is 0.150 e. The molecule has 0 bridgehead atoms. The summed E-state index contributed by atoms with van der Waals surface area (Å²) in [7, 11) is 0. The van der Waals surface area contributed by atoms with Crippen LogP contribution in [-0.2, 0) is 4.74 Å². The molecule has 2 heterocycles. The third-order valence-corrected chi connectivity index (χ3v) is 5.90. The van der Waals surface area contributed by atoms with Gasteiger partial charge in [0.15, 0.2) is 6.23 Å². The molecule has 3 atom stereocenters. The van der Waals surface area contributed by atoms with E-state index in [1.54, 1.807) is 12.3 Å². The molecule has 1 N–H and O–H groups in total. The number of rotatable bonds is 4. The molecule has 2 aliphatic rings. The minimum atomic E-state index is -0.188. The fourth-order valence-corrected chi connectivity index (χ4v) is 4.49. The van der Waals surface area contributed by atoms with Crippen molar-refractivity contribution >= 4 is 26.8 Å². The summed E-state index contributed by atoms with van der Waals surface area (Å²) >= 11 is 3.59. The Morgan fingerprint density at radius 1 is 1.43 bits per heavy atom. The molecule has 1 aromatic heterocycles. The quantitative estimate of drug-likeness (QED) is 0.864. The Morgan fingerprint density at radius 2 is 2.30 bits per heavy atom. The molecule has 1 saturated heterocycles. The van der Waals surface area contributed by atoms with Gasteiger partial charge in [-0.25, -0.2) is 9.07 Å². The predicted molar refractivity (Wildman–Crippen MR) is 88.8 cm³/mol. The van der Waals surface area contributed by atoms with Gasteiger partial charge in [-0.1, -0.05) is 0 Å². The Bertz CT molecular complexity index is 727. The van der Waals surface area contributed by atoms with Crippen LogP contribution in [0.3, 0.4) is 0 Å². The molecule has 2 fully saturated rings. The van der Waals surface area contributed by atoms with Crippen molar-refractivity contribution in [2.75, 3.05) is 13.2 Å². The summed E-state index contributed by atoms with van der Waals surface area (Å²) in [4.78, 5) is 0. The average molecular weight is 383 g/mol. The van der Waals surface area contributed by atoms with E-state index in [0.717, 1.165) is 59.7 Å². The van der Waals surface area contributed by atoms with Crippen molar-refractivity contribution in [2.24, 2.45) is 5.92 Å². The van der Waals surface area contributed by atoms with Gasteiger partial charge >= 0.3 is 0 Å². The van der Waals surface area contributed by atoms with Gasteiger partial charge in [0, 0.05) is 34.7 Å². The first-order valence-electron chi connectivity index (χ1n) is 8.28. The molecule has 124 valence electrons. The first kappa shape index (κ1) is 15.5. The van der Waals surface area contributed by atoms with Crippen molar-refractivity contribution in [3.8, 4) is 0 Å². The monoisotopic (exact) mass is 382 g/mol. The SMILES string of the molecule is OCC[C@@H]1C[C@@H]1c1c(F)cc2c(cnn2C2CCCCO2)c1Br. The van der Waals surface area contributed by atoms with Crippen LogP contribution in [0.25, 0.3) is 10.9 Å². The number of hydrogen-bond donors (Lipinski definition) is 1. The molecular formula is C17H20BrFN2O2. The summed E-state index contributed by atoms with van der Waals surface area (Å²) in [5, 5.41) is 14.5. The molecule has 2 aromatic rings. The number of ether oxygens (including phenoxy) is 1. The van der Waals surface area contributed by atoms with E-state index >= 15 is 0 Å². The van der Waals surface area contributed by atoms with Crippen LogP contribution >= 0.6 is 15.9 Å². The van der Waals surface area contributed by atoms with Crippen LogP contribution in [0.5, 0.6) is 0 Å². The number of hydrogen-bond acceptors (Lipinski definition) is 3. The van der Waals surface area contributed by atoms with Crippen LogP contribution in [0.15, 0.2) is 16.7 Å². The fraction of sp³-hybridized carbons (Fsp3) is 0.588. The molecule has 4 rings (SSSR count). The number of aliphatic hydroxyl groups excluding tert-OH is 1. The van der Waals surface area contributed by atoms with Gasteiger partial charge in [0.05, 0.1) is 11.7 Å². The molecule has 1 aliphatic carbocycles. The van der Waals surface area contributed by atoms with E-state index in [1.807, 2.05) is 4.68 Å². The zero-order valence-electron chi connectivity index (χ0n) is 12.8. The van der Waals surface area contributed by atoms with Gasteiger partial charge < -0.3 is 9.84 Å². The highest BCUT2D eigenvalue weighted by molar-refractivity contribution is 9.10. The summed E-state index contributed by atoms with van der Waals surface area (Å²) in [6, 6.07) is 1.59. The Hall–Kier alpha value is -0.980. The van der Waals surface area contributed by atoms with Crippen LogP contribution in [0.4, 0.5) is 4.39 Å². The largest absolute Gasteiger partial charge is 0.396 e. The molecule has 1 saturated carbocycles. The van der Waals surface area contributed by atoms with E-state index < -0.39 is 0 Å². The van der Waals surface area contributed by atoms with Crippen LogP contribution in [0, 0.1) is 11.7 Å². The van der Waals surface area contributed by atoms with Crippen molar-refractivity contribution < 1.29 is 14.2 Å². The van der Waals surface area contributed by atoms with E-state index in [2.05, 4.69) is 21.0 Å². The number of benzene rings is 1. The van der Waals surface area contributed by atoms with E-state index in [9.17, 15) is 4.39 Å². The van der Waals surface area contributed by atoms with Crippen LogP contribution < -0.4 is 0 Å². The fourth-order valence-electron chi connectivity index (χ4n) is 3.70. The number of fused-ring (bicyclic) bond motifs is 1. The highest BCUT2D eigenvalue weighted by Crippen LogP contribution is 2.53. The van der Waals surface area contributed by atoms with Crippen LogP contribution in [0.2, 0.25) is 0 Å². The minimum Gasteiger partial charge on any atom is -0.396 e. The second-order valence-electron chi connectivity index (χ2n) is 6.54. The first-order chi connectivity index (χ1) is 11.2. The third kappa shape index (κ3) is 2.71. The lowest BCUT2D eigenvalue weighted by Gasteiger charge is -2.23. The van der Waals surface area contributed by atoms with Crippen molar-refractivity contribution in [1.29, 1.82) is 0 Å². The first-order valence-corrected chi connectivity index (χ1v) is 9.07. The Balaban J connectivity index is 1.72. The molecule has 6 heteroatoms. The second-order valence-corrected chi connectivity index (χ2v) is 7.34. The summed E-state index contributed by atoms with van der Waals surface area (Å²) < 4.78 is 23.1. The van der Waals surface area contributed by atoms with Gasteiger partial charge in [-0.05, 0) is 59.9 Å². The molecule has 0 amide bonds. The van der Waals surface area contributed by atoms with E-state index in [-0.39, 0.29) is 24.6 Å².